The van der Waals surface area contributed by atoms with Gasteiger partial charge in [-0.2, -0.15) is 0 Å². The molecule has 1 heterocycles. The summed E-state index contributed by atoms with van der Waals surface area (Å²) in [5, 5.41) is 19.6. The van der Waals surface area contributed by atoms with Crippen LogP contribution >= 0.6 is 0 Å². The van der Waals surface area contributed by atoms with Crippen LogP contribution in [0.1, 0.15) is 16.8 Å². The molecule has 1 aromatic rings. The maximum atomic E-state index is 11.0. The highest BCUT2D eigenvalue weighted by atomic mass is 16.6. The van der Waals surface area contributed by atoms with E-state index in [2.05, 4.69) is 0 Å². The number of hydrogen-bond acceptors (Lipinski definition) is 5. The van der Waals surface area contributed by atoms with Crippen LogP contribution in [0.2, 0.25) is 0 Å². The lowest BCUT2D eigenvalue weighted by molar-refractivity contribution is -0.384. The van der Waals surface area contributed by atoms with Crippen molar-refractivity contribution < 1.29 is 24.3 Å². The van der Waals surface area contributed by atoms with E-state index in [1.165, 1.54) is 12.1 Å². The predicted octanol–water partition coefficient (Wildman–Crippen LogP) is 1.46. The number of benzene rings is 1. The second-order valence-electron chi connectivity index (χ2n) is 3.85. The lowest BCUT2D eigenvalue weighted by atomic mass is 10.1. The third kappa shape index (κ3) is 2.57. The zero-order valence-electron chi connectivity index (χ0n) is 9.37. The number of rotatable bonds is 4. The first-order chi connectivity index (χ1) is 8.58. The summed E-state index contributed by atoms with van der Waals surface area (Å²) in [4.78, 5) is 21.0. The molecule has 1 unspecified atom stereocenters. The van der Waals surface area contributed by atoms with E-state index in [0.29, 0.717) is 19.6 Å². The summed E-state index contributed by atoms with van der Waals surface area (Å²) in [5.74, 6) is -1.13. The molecule has 18 heavy (non-hydrogen) atoms. The van der Waals surface area contributed by atoms with Crippen molar-refractivity contribution in [3.8, 4) is 5.75 Å². The van der Waals surface area contributed by atoms with Gasteiger partial charge in [0, 0.05) is 18.6 Å². The Morgan fingerprint density at radius 2 is 2.33 bits per heavy atom. The Bertz CT molecular complexity index is 480. The number of hydrogen-bond donors (Lipinski definition) is 1. The van der Waals surface area contributed by atoms with Gasteiger partial charge in [0.1, 0.15) is 17.4 Å². The van der Waals surface area contributed by atoms with Crippen molar-refractivity contribution >= 4 is 11.7 Å². The number of non-ortho nitro benzene ring substituents is 1. The van der Waals surface area contributed by atoms with Crippen LogP contribution in [-0.4, -0.2) is 35.3 Å². The Balaban J connectivity index is 2.28. The molecule has 2 rings (SSSR count). The van der Waals surface area contributed by atoms with Crippen LogP contribution in [0.25, 0.3) is 0 Å². The van der Waals surface area contributed by atoms with Gasteiger partial charge in [-0.3, -0.25) is 10.1 Å². The molecule has 1 aromatic carbocycles. The van der Waals surface area contributed by atoms with E-state index >= 15 is 0 Å². The number of carbonyl (C=O) groups is 1. The van der Waals surface area contributed by atoms with Crippen molar-refractivity contribution in [2.24, 2.45) is 0 Å². The largest absolute Gasteiger partial charge is 0.487 e. The van der Waals surface area contributed by atoms with Gasteiger partial charge in [0.15, 0.2) is 0 Å². The maximum absolute atomic E-state index is 11.0. The molecule has 0 aliphatic carbocycles. The second kappa shape index (κ2) is 5.01. The fraction of sp³-hybridized carbons (Fsp3) is 0.364. The molecule has 96 valence electrons. The number of carboxylic acids is 1. The van der Waals surface area contributed by atoms with Crippen molar-refractivity contribution in [1.82, 2.24) is 0 Å². The Morgan fingerprint density at radius 3 is 2.89 bits per heavy atom. The van der Waals surface area contributed by atoms with Crippen LogP contribution in [0.5, 0.6) is 5.75 Å². The Morgan fingerprint density at radius 1 is 1.56 bits per heavy atom. The first kappa shape index (κ1) is 12.3. The molecule has 1 aliphatic rings. The third-order valence-corrected chi connectivity index (χ3v) is 2.59. The average Bonchev–Trinajstić information content (AvgIpc) is 2.81. The van der Waals surface area contributed by atoms with Crippen LogP contribution in [0.3, 0.4) is 0 Å². The molecule has 0 saturated carbocycles. The van der Waals surface area contributed by atoms with Gasteiger partial charge >= 0.3 is 5.97 Å². The molecule has 1 aliphatic heterocycles. The van der Waals surface area contributed by atoms with E-state index in [4.69, 9.17) is 14.6 Å². The van der Waals surface area contributed by atoms with E-state index in [0.717, 1.165) is 6.07 Å². The predicted molar refractivity (Wildman–Crippen MR) is 59.9 cm³/mol. The second-order valence-corrected chi connectivity index (χ2v) is 3.85. The topological polar surface area (TPSA) is 98.9 Å². The molecule has 1 fully saturated rings. The van der Waals surface area contributed by atoms with Crippen molar-refractivity contribution in [3.63, 3.8) is 0 Å². The average molecular weight is 253 g/mol. The zero-order chi connectivity index (χ0) is 13.1. The number of nitro benzene ring substituents is 1. The van der Waals surface area contributed by atoms with Crippen molar-refractivity contribution in [3.05, 3.63) is 33.9 Å². The monoisotopic (exact) mass is 253 g/mol. The summed E-state index contributed by atoms with van der Waals surface area (Å²) < 4.78 is 10.6. The molecule has 0 radical (unpaired) electrons. The van der Waals surface area contributed by atoms with E-state index in [9.17, 15) is 14.9 Å². The third-order valence-electron chi connectivity index (χ3n) is 2.59. The minimum Gasteiger partial charge on any atom is -0.487 e. The first-order valence-corrected chi connectivity index (χ1v) is 5.34. The minimum atomic E-state index is -1.26. The van der Waals surface area contributed by atoms with Crippen molar-refractivity contribution in [2.75, 3.05) is 13.2 Å². The molecule has 0 aromatic heterocycles. The number of ether oxygens (including phenoxy) is 2. The zero-order valence-corrected chi connectivity index (χ0v) is 9.37. The van der Waals surface area contributed by atoms with Gasteiger partial charge in [-0.05, 0) is 6.07 Å². The fourth-order valence-electron chi connectivity index (χ4n) is 1.69. The highest BCUT2D eigenvalue weighted by molar-refractivity contribution is 5.91. The van der Waals surface area contributed by atoms with Gasteiger partial charge in [0.05, 0.1) is 18.1 Å². The molecule has 1 saturated heterocycles. The summed E-state index contributed by atoms with van der Waals surface area (Å²) in [6.45, 7) is 0.968. The lowest BCUT2D eigenvalue weighted by Crippen LogP contribution is -2.17. The first-order valence-electron chi connectivity index (χ1n) is 5.34. The van der Waals surface area contributed by atoms with Gasteiger partial charge in [-0.25, -0.2) is 4.79 Å². The minimum absolute atomic E-state index is 0.128. The number of carboxylic acid groups (broad SMARTS) is 1. The summed E-state index contributed by atoms with van der Waals surface area (Å²) in [7, 11) is 0. The van der Waals surface area contributed by atoms with Gasteiger partial charge in [-0.1, -0.05) is 0 Å². The Kier molecular flexibility index (Phi) is 3.42. The number of aromatic carboxylic acids is 1. The normalized spacial score (nSPS) is 18.6. The van der Waals surface area contributed by atoms with Crippen LogP contribution in [-0.2, 0) is 4.74 Å². The molecular formula is C11H11NO6. The van der Waals surface area contributed by atoms with Gasteiger partial charge in [0.25, 0.3) is 5.69 Å². The summed E-state index contributed by atoms with van der Waals surface area (Å²) in [5.41, 5.74) is -0.487. The SMILES string of the molecule is O=C(O)c1cc([N+](=O)[O-])ccc1OC1CCOC1. The molecule has 7 nitrogen and oxygen atoms in total. The maximum Gasteiger partial charge on any atom is 0.339 e. The smallest absolute Gasteiger partial charge is 0.339 e. The Hall–Kier alpha value is -2.15. The molecular weight excluding hydrogens is 242 g/mol. The van der Waals surface area contributed by atoms with Crippen LogP contribution in [0, 0.1) is 10.1 Å². The molecule has 1 atom stereocenters. The van der Waals surface area contributed by atoms with Crippen LogP contribution < -0.4 is 4.74 Å². The molecule has 0 spiro atoms. The summed E-state index contributed by atoms with van der Waals surface area (Å²) in [6, 6.07) is 3.52. The van der Waals surface area contributed by atoms with Gasteiger partial charge in [0.2, 0.25) is 0 Å². The van der Waals surface area contributed by atoms with E-state index in [1.807, 2.05) is 0 Å². The summed E-state index contributed by atoms with van der Waals surface area (Å²) in [6.07, 6.45) is 0.473. The molecule has 0 bridgehead atoms. The van der Waals surface area contributed by atoms with E-state index in [1.54, 1.807) is 0 Å². The van der Waals surface area contributed by atoms with Gasteiger partial charge < -0.3 is 14.6 Å². The molecule has 1 N–H and O–H groups in total. The van der Waals surface area contributed by atoms with Crippen LogP contribution in [0.15, 0.2) is 18.2 Å². The van der Waals surface area contributed by atoms with Gasteiger partial charge in [-0.15, -0.1) is 0 Å². The quantitative estimate of drug-likeness (QED) is 0.644. The van der Waals surface area contributed by atoms with E-state index in [-0.39, 0.29) is 23.1 Å². The van der Waals surface area contributed by atoms with E-state index < -0.39 is 10.9 Å². The standard InChI is InChI=1S/C11H11NO6/c13-11(14)9-5-7(12(15)16)1-2-10(9)18-8-3-4-17-6-8/h1-2,5,8H,3-4,6H2,(H,13,14). The highest BCUT2D eigenvalue weighted by Gasteiger charge is 2.22. The van der Waals surface area contributed by atoms with Crippen LogP contribution in [0.4, 0.5) is 5.69 Å². The highest BCUT2D eigenvalue weighted by Crippen LogP contribution is 2.26. The Labute approximate surface area is 102 Å². The number of nitrogens with zero attached hydrogens (tertiary/aromatic N) is 1. The lowest BCUT2D eigenvalue weighted by Gasteiger charge is -2.13. The fourth-order valence-corrected chi connectivity index (χ4v) is 1.69. The summed E-state index contributed by atoms with van der Waals surface area (Å²) >= 11 is 0. The van der Waals surface area contributed by atoms with Crippen molar-refractivity contribution in [2.45, 2.75) is 12.5 Å². The molecule has 0 amide bonds. The molecule has 7 heteroatoms. The van der Waals surface area contributed by atoms with Crippen molar-refractivity contribution in [1.29, 1.82) is 0 Å². The number of nitro groups is 1.